The number of nitrogens with zero attached hydrogens (tertiary/aromatic N) is 3. The van der Waals surface area contributed by atoms with Gasteiger partial charge in [-0.05, 0) is 45.2 Å². The highest BCUT2D eigenvalue weighted by molar-refractivity contribution is 5.92. The van der Waals surface area contributed by atoms with Gasteiger partial charge >= 0.3 is 0 Å². The molecular weight excluding hydrogens is 278 g/mol. The maximum absolute atomic E-state index is 12.6. The number of rotatable bonds is 3. The summed E-state index contributed by atoms with van der Waals surface area (Å²) in [6.07, 6.45) is 6.04. The summed E-state index contributed by atoms with van der Waals surface area (Å²) >= 11 is 0. The molecule has 0 radical (unpaired) electrons. The van der Waals surface area contributed by atoms with E-state index in [1.165, 1.54) is 32.4 Å². The highest BCUT2D eigenvalue weighted by atomic mass is 16.5. The minimum absolute atomic E-state index is 0.0257. The van der Waals surface area contributed by atoms with Crippen LogP contribution in [0.25, 0.3) is 0 Å². The molecule has 122 valence electrons. The summed E-state index contributed by atoms with van der Waals surface area (Å²) in [5.41, 5.74) is 0.461. The van der Waals surface area contributed by atoms with Crippen molar-refractivity contribution in [1.82, 2.24) is 15.0 Å². The third-order valence-corrected chi connectivity index (χ3v) is 4.96. The molecule has 2 aliphatic heterocycles. The lowest BCUT2D eigenvalue weighted by Gasteiger charge is -2.26. The van der Waals surface area contributed by atoms with E-state index in [1.54, 1.807) is 6.07 Å². The zero-order valence-corrected chi connectivity index (χ0v) is 13.8. The molecule has 0 saturated carbocycles. The van der Waals surface area contributed by atoms with E-state index in [-0.39, 0.29) is 11.8 Å². The maximum Gasteiger partial charge on any atom is 0.276 e. The predicted octanol–water partition coefficient (Wildman–Crippen LogP) is 2.89. The summed E-state index contributed by atoms with van der Waals surface area (Å²) in [6.45, 7) is 8.24. The molecule has 0 aromatic carbocycles. The Bertz CT molecular complexity index is 506. The minimum atomic E-state index is 0.0257. The predicted molar refractivity (Wildman–Crippen MR) is 84.9 cm³/mol. The zero-order chi connectivity index (χ0) is 15.5. The fraction of sp³-hybridized carbons (Fsp3) is 0.765. The molecule has 2 aliphatic rings. The molecule has 0 spiro atoms. The highest BCUT2D eigenvalue weighted by Gasteiger charge is 2.28. The maximum atomic E-state index is 12.6. The van der Waals surface area contributed by atoms with Crippen LogP contribution < -0.4 is 0 Å². The Kier molecular flexibility index (Phi) is 4.81. The number of amides is 1. The quantitative estimate of drug-likeness (QED) is 0.861. The van der Waals surface area contributed by atoms with Gasteiger partial charge in [-0.25, -0.2) is 0 Å². The fourth-order valence-electron chi connectivity index (χ4n) is 3.58. The van der Waals surface area contributed by atoms with Crippen molar-refractivity contribution in [3.63, 3.8) is 0 Å². The summed E-state index contributed by atoms with van der Waals surface area (Å²) in [5, 5.41) is 3.96. The molecule has 2 fully saturated rings. The van der Waals surface area contributed by atoms with Gasteiger partial charge in [0.1, 0.15) is 5.76 Å². The number of hydrogen-bond donors (Lipinski definition) is 0. The topological polar surface area (TPSA) is 49.6 Å². The third kappa shape index (κ3) is 3.35. The van der Waals surface area contributed by atoms with E-state index >= 15 is 0 Å². The molecule has 0 N–H and O–H groups in total. The molecule has 1 aromatic heterocycles. The molecule has 0 aliphatic carbocycles. The molecule has 22 heavy (non-hydrogen) atoms. The van der Waals surface area contributed by atoms with Crippen LogP contribution in [0.2, 0.25) is 0 Å². The van der Waals surface area contributed by atoms with Crippen LogP contribution in [0.4, 0.5) is 0 Å². The van der Waals surface area contributed by atoms with Gasteiger partial charge in [-0.1, -0.05) is 19.0 Å². The lowest BCUT2D eigenvalue weighted by molar-refractivity contribution is 0.0747. The molecule has 5 heteroatoms. The van der Waals surface area contributed by atoms with E-state index in [9.17, 15) is 4.79 Å². The highest BCUT2D eigenvalue weighted by Crippen LogP contribution is 2.22. The first-order valence-corrected chi connectivity index (χ1v) is 8.65. The SMILES string of the molecule is CC(C)c1cc(C(=O)N2CCC[C@@H](N3CCCC3)CC2)no1. The van der Waals surface area contributed by atoms with Crippen molar-refractivity contribution in [2.75, 3.05) is 26.2 Å². The average Bonchev–Trinajstić information content (AvgIpc) is 3.14. The van der Waals surface area contributed by atoms with Crippen LogP contribution in [0.3, 0.4) is 0 Å². The standard InChI is InChI=1S/C17H27N3O2/c1-13(2)16-12-15(18-22-16)17(21)20-10-5-6-14(7-11-20)19-8-3-4-9-19/h12-14H,3-11H2,1-2H3/t14-/m1/s1. The molecule has 1 atom stereocenters. The summed E-state index contributed by atoms with van der Waals surface area (Å²) in [5.74, 6) is 1.07. The average molecular weight is 305 g/mol. The molecule has 0 unspecified atom stereocenters. The summed E-state index contributed by atoms with van der Waals surface area (Å²) in [6, 6.07) is 2.46. The first kappa shape index (κ1) is 15.5. The largest absolute Gasteiger partial charge is 0.360 e. The van der Waals surface area contributed by atoms with Gasteiger partial charge in [-0.2, -0.15) is 0 Å². The summed E-state index contributed by atoms with van der Waals surface area (Å²) < 4.78 is 5.27. The van der Waals surface area contributed by atoms with Crippen molar-refractivity contribution in [2.45, 2.75) is 57.9 Å². The fourth-order valence-corrected chi connectivity index (χ4v) is 3.58. The smallest absolute Gasteiger partial charge is 0.276 e. The lowest BCUT2D eigenvalue weighted by atomic mass is 10.1. The molecule has 1 aromatic rings. The Morgan fingerprint density at radius 2 is 1.95 bits per heavy atom. The molecular formula is C17H27N3O2. The van der Waals surface area contributed by atoms with Crippen LogP contribution in [0, 0.1) is 0 Å². The van der Waals surface area contributed by atoms with Gasteiger partial charge in [0.15, 0.2) is 5.69 Å². The van der Waals surface area contributed by atoms with Crippen LogP contribution in [-0.4, -0.2) is 53.1 Å². The Labute approximate surface area is 132 Å². The van der Waals surface area contributed by atoms with E-state index in [0.29, 0.717) is 11.7 Å². The van der Waals surface area contributed by atoms with Crippen molar-refractivity contribution in [3.05, 3.63) is 17.5 Å². The first-order valence-electron chi connectivity index (χ1n) is 8.65. The molecule has 5 nitrogen and oxygen atoms in total. The minimum Gasteiger partial charge on any atom is -0.360 e. The summed E-state index contributed by atoms with van der Waals surface area (Å²) in [4.78, 5) is 17.2. The number of carbonyl (C=O) groups excluding carboxylic acids is 1. The van der Waals surface area contributed by atoms with E-state index in [4.69, 9.17) is 4.52 Å². The van der Waals surface area contributed by atoms with Crippen molar-refractivity contribution >= 4 is 5.91 Å². The zero-order valence-electron chi connectivity index (χ0n) is 13.8. The number of carbonyl (C=O) groups is 1. The molecule has 1 amide bonds. The number of aromatic nitrogens is 1. The second-order valence-corrected chi connectivity index (χ2v) is 6.89. The van der Waals surface area contributed by atoms with Crippen LogP contribution >= 0.6 is 0 Å². The molecule has 2 saturated heterocycles. The number of hydrogen-bond acceptors (Lipinski definition) is 4. The number of likely N-dealkylation sites (tertiary alicyclic amines) is 2. The van der Waals surface area contributed by atoms with Crippen LogP contribution in [0.15, 0.2) is 10.6 Å². The van der Waals surface area contributed by atoms with Crippen molar-refractivity contribution < 1.29 is 9.32 Å². The van der Waals surface area contributed by atoms with Gasteiger partial charge in [-0.15, -0.1) is 0 Å². The van der Waals surface area contributed by atoms with E-state index in [0.717, 1.165) is 31.7 Å². The molecule has 3 rings (SSSR count). The molecule has 0 bridgehead atoms. The van der Waals surface area contributed by atoms with Crippen LogP contribution in [0.5, 0.6) is 0 Å². The Morgan fingerprint density at radius 3 is 2.64 bits per heavy atom. The van der Waals surface area contributed by atoms with Gasteiger partial charge in [-0.3, -0.25) is 4.79 Å². The second-order valence-electron chi connectivity index (χ2n) is 6.89. The van der Waals surface area contributed by atoms with Gasteiger partial charge in [0.25, 0.3) is 5.91 Å². The van der Waals surface area contributed by atoms with Gasteiger partial charge < -0.3 is 14.3 Å². The van der Waals surface area contributed by atoms with E-state index in [1.807, 2.05) is 18.7 Å². The second kappa shape index (κ2) is 6.82. The first-order chi connectivity index (χ1) is 10.6. The van der Waals surface area contributed by atoms with Crippen molar-refractivity contribution in [1.29, 1.82) is 0 Å². The monoisotopic (exact) mass is 305 g/mol. The summed E-state index contributed by atoms with van der Waals surface area (Å²) in [7, 11) is 0. The van der Waals surface area contributed by atoms with Crippen molar-refractivity contribution in [2.24, 2.45) is 0 Å². The van der Waals surface area contributed by atoms with Crippen LogP contribution in [-0.2, 0) is 0 Å². The van der Waals surface area contributed by atoms with Gasteiger partial charge in [0, 0.05) is 31.1 Å². The normalized spacial score (nSPS) is 24.0. The lowest BCUT2D eigenvalue weighted by Crippen LogP contribution is -2.35. The van der Waals surface area contributed by atoms with Crippen molar-refractivity contribution in [3.8, 4) is 0 Å². The Hall–Kier alpha value is -1.36. The third-order valence-electron chi connectivity index (χ3n) is 4.96. The Balaban J connectivity index is 1.60. The van der Waals surface area contributed by atoms with E-state index < -0.39 is 0 Å². The van der Waals surface area contributed by atoms with Crippen LogP contribution in [0.1, 0.15) is 68.1 Å². The Morgan fingerprint density at radius 1 is 1.18 bits per heavy atom. The molecule has 3 heterocycles. The van der Waals surface area contributed by atoms with Gasteiger partial charge in [0.2, 0.25) is 0 Å². The van der Waals surface area contributed by atoms with Gasteiger partial charge in [0.05, 0.1) is 0 Å². The van der Waals surface area contributed by atoms with E-state index in [2.05, 4.69) is 10.1 Å².